The fraction of sp³-hybridized carbons (Fsp3) is 0.525. The number of hydrogen-bond donors (Lipinski definition) is 3. The number of hydrogen-bond acceptors (Lipinski definition) is 11. The van der Waals surface area contributed by atoms with E-state index in [9.17, 15) is 33.6 Å². The molecule has 2 aliphatic rings. The minimum Gasteiger partial charge on any atom is -0.334 e. The Morgan fingerprint density at radius 2 is 1.01 bits per heavy atom. The zero-order valence-electron chi connectivity index (χ0n) is 45.4. The fourth-order valence-corrected chi connectivity index (χ4v) is 10.1. The number of nitrogens with zero attached hydrogens (tertiary/aromatic N) is 7. The predicted octanol–water partition coefficient (Wildman–Crippen LogP) is 4.29. The van der Waals surface area contributed by atoms with E-state index < -0.39 is 55.2 Å². The first-order chi connectivity index (χ1) is 37.3. The molecule has 7 amide bonds. The maximum atomic E-state index is 15.1. The van der Waals surface area contributed by atoms with Crippen LogP contribution >= 0.6 is 0 Å². The smallest absolute Gasteiger partial charge is 0.243 e. The monoisotopic (exact) mass is 1060 g/mol. The van der Waals surface area contributed by atoms with Crippen molar-refractivity contribution >= 4 is 47.6 Å². The first kappa shape index (κ1) is 61.1. The van der Waals surface area contributed by atoms with Gasteiger partial charge in [-0.3, -0.25) is 33.6 Å². The Morgan fingerprint density at radius 1 is 0.545 bits per heavy atom. The average Bonchev–Trinajstić information content (AvgIpc) is 4.19. The Hall–Kier alpha value is -6.76. The van der Waals surface area contributed by atoms with Gasteiger partial charge in [-0.25, -0.2) is 0 Å². The third-order valence-corrected chi connectivity index (χ3v) is 14.6. The van der Waals surface area contributed by atoms with E-state index >= 15 is 4.79 Å². The predicted molar refractivity (Wildman–Crippen MR) is 297 cm³/mol. The molecule has 418 valence electrons. The third-order valence-electron chi connectivity index (χ3n) is 14.6. The molecule has 1 atom stereocenters. The highest BCUT2D eigenvalue weighted by Crippen LogP contribution is 2.26. The maximum Gasteiger partial charge on any atom is 0.243 e. The van der Waals surface area contributed by atoms with Crippen LogP contribution in [0.25, 0.3) is 0 Å². The molecule has 5 N–H and O–H groups in total. The van der Waals surface area contributed by atoms with Crippen molar-refractivity contribution in [2.75, 3.05) is 85.1 Å². The molecule has 18 nitrogen and oxygen atoms in total. The highest BCUT2D eigenvalue weighted by Gasteiger charge is 2.35. The molecule has 0 saturated heterocycles. The number of nitrogens with two attached hydrogens (primary N) is 2. The molecule has 2 aliphatic carbocycles. The molecule has 77 heavy (non-hydrogen) atoms. The van der Waals surface area contributed by atoms with Crippen LogP contribution in [0, 0.1) is 0 Å². The number of rotatable bonds is 34. The second-order valence-corrected chi connectivity index (χ2v) is 20.3. The molecular formula is C59H84N10O8. The van der Waals surface area contributed by atoms with Crippen molar-refractivity contribution in [2.24, 2.45) is 11.5 Å². The Morgan fingerprint density at radius 3 is 1.57 bits per heavy atom. The standard InChI is InChI=1S/C59H84N10O8/c1-3-33-64(42-55(73)65(35-20-18-32-61)41-54(72)63(36-37-70)34-19-17-31-60)56(74)45-68(47(2)50-25-11-6-12-26-50)58(76)43-67(40-49-23-9-5-10-24-49)57(75)46-69(52-29-15-16-30-52)59(77)44-66(39-48-21-7-4-8-22-48)53(71)38-62-51-27-13-14-28-51/h3-12,21-26,37,47,51-52,62H,1,13-20,27-36,38-46,60-61H2,2H3. The minimum atomic E-state index is -0.677. The molecule has 3 aromatic rings. The van der Waals surface area contributed by atoms with E-state index in [0.29, 0.717) is 64.4 Å². The summed E-state index contributed by atoms with van der Waals surface area (Å²) in [5.74, 6) is -3.08. The first-order valence-corrected chi connectivity index (χ1v) is 27.6. The number of amides is 7. The van der Waals surface area contributed by atoms with Crippen molar-refractivity contribution in [2.45, 2.75) is 115 Å². The summed E-state index contributed by atoms with van der Waals surface area (Å²) >= 11 is 0. The van der Waals surface area contributed by atoms with Crippen molar-refractivity contribution < 1.29 is 38.4 Å². The van der Waals surface area contributed by atoms with E-state index in [4.69, 9.17) is 11.5 Å². The van der Waals surface area contributed by atoms with Gasteiger partial charge in [0.05, 0.1) is 25.7 Å². The van der Waals surface area contributed by atoms with Crippen molar-refractivity contribution in [3.63, 3.8) is 0 Å². The molecule has 0 radical (unpaired) electrons. The summed E-state index contributed by atoms with van der Waals surface area (Å²) in [6, 6.07) is 27.3. The van der Waals surface area contributed by atoms with Crippen LogP contribution in [0.2, 0.25) is 0 Å². The Labute approximate surface area is 456 Å². The van der Waals surface area contributed by atoms with E-state index in [2.05, 4.69) is 11.9 Å². The lowest BCUT2D eigenvalue weighted by Gasteiger charge is -2.35. The van der Waals surface area contributed by atoms with Gasteiger partial charge in [-0.1, -0.05) is 123 Å². The van der Waals surface area contributed by atoms with Crippen molar-refractivity contribution in [1.82, 2.24) is 39.6 Å². The highest BCUT2D eigenvalue weighted by molar-refractivity contribution is 5.93. The van der Waals surface area contributed by atoms with Gasteiger partial charge in [-0.05, 0) is 88.1 Å². The summed E-state index contributed by atoms with van der Waals surface area (Å²) in [6.45, 7) is 4.82. The van der Waals surface area contributed by atoms with Crippen LogP contribution in [0.15, 0.2) is 104 Å². The molecule has 2 saturated carbocycles. The third kappa shape index (κ3) is 20.3. The Kier molecular flexibility index (Phi) is 26.5. The number of nitrogens with one attached hydrogen (secondary N) is 1. The Bertz CT molecular complexity index is 2330. The van der Waals surface area contributed by atoms with Crippen LogP contribution in [0.1, 0.15) is 107 Å². The second-order valence-electron chi connectivity index (χ2n) is 20.3. The number of aldehydes is 1. The molecule has 2 fully saturated rings. The van der Waals surface area contributed by atoms with Gasteiger partial charge in [-0.15, -0.1) is 6.58 Å². The van der Waals surface area contributed by atoms with Gasteiger partial charge in [0.2, 0.25) is 41.4 Å². The lowest BCUT2D eigenvalue weighted by Crippen LogP contribution is -2.53. The van der Waals surface area contributed by atoms with E-state index in [1.54, 1.807) is 16.7 Å². The molecule has 5 rings (SSSR count). The largest absolute Gasteiger partial charge is 0.334 e. The topological polar surface area (TPSA) is 223 Å². The van der Waals surface area contributed by atoms with Crippen LogP contribution in [0.3, 0.4) is 0 Å². The summed E-state index contributed by atoms with van der Waals surface area (Å²) in [7, 11) is 0. The van der Waals surface area contributed by atoms with Crippen LogP contribution < -0.4 is 16.8 Å². The molecule has 3 aromatic carbocycles. The second kappa shape index (κ2) is 33.4. The number of benzene rings is 3. The lowest BCUT2D eigenvalue weighted by molar-refractivity contribution is -0.150. The van der Waals surface area contributed by atoms with E-state index in [-0.39, 0.29) is 82.8 Å². The van der Waals surface area contributed by atoms with E-state index in [0.717, 1.165) is 55.2 Å². The molecule has 0 spiro atoms. The summed E-state index contributed by atoms with van der Waals surface area (Å²) < 4.78 is 0. The minimum absolute atomic E-state index is 0.0260. The van der Waals surface area contributed by atoms with Gasteiger partial charge >= 0.3 is 0 Å². The van der Waals surface area contributed by atoms with Crippen molar-refractivity contribution in [3.05, 3.63) is 120 Å². The van der Waals surface area contributed by atoms with Gasteiger partial charge in [0.15, 0.2) is 0 Å². The average molecular weight is 1060 g/mol. The van der Waals surface area contributed by atoms with Gasteiger partial charge in [0, 0.05) is 44.8 Å². The molecular weight excluding hydrogens is 977 g/mol. The van der Waals surface area contributed by atoms with Gasteiger partial charge in [0.1, 0.15) is 39.0 Å². The quantitative estimate of drug-likeness (QED) is 0.0435. The molecule has 0 bridgehead atoms. The number of carbonyl (C=O) groups excluding carboxylic acids is 8. The number of carbonyl (C=O) groups is 8. The Balaban J connectivity index is 1.40. The van der Waals surface area contributed by atoms with Crippen LogP contribution in [0.4, 0.5) is 0 Å². The highest BCUT2D eigenvalue weighted by atomic mass is 16.2. The zero-order valence-corrected chi connectivity index (χ0v) is 45.4. The molecule has 0 heterocycles. The van der Waals surface area contributed by atoms with E-state index in [1.165, 1.54) is 30.6 Å². The molecule has 1 unspecified atom stereocenters. The summed E-state index contributed by atoms with van der Waals surface area (Å²) in [4.78, 5) is 123. The SMILES string of the molecule is C=CCN(CC(=O)N(CCCCN)CC(=O)N(CC=O)CCCCN)C(=O)CN(C(=O)CN(Cc1ccccc1)C(=O)CN(C(=O)CN(Cc1ccccc1)C(=O)CNC1CCCC1)C1CCCC1)C(C)c1ccccc1. The van der Waals surface area contributed by atoms with Gasteiger partial charge in [-0.2, -0.15) is 0 Å². The molecule has 0 aromatic heterocycles. The summed E-state index contributed by atoms with van der Waals surface area (Å²) in [6.07, 6.45) is 11.8. The van der Waals surface area contributed by atoms with Crippen LogP contribution in [0.5, 0.6) is 0 Å². The van der Waals surface area contributed by atoms with Gasteiger partial charge < -0.3 is 55.9 Å². The maximum absolute atomic E-state index is 15.1. The van der Waals surface area contributed by atoms with Crippen LogP contribution in [-0.2, 0) is 51.4 Å². The van der Waals surface area contributed by atoms with Crippen molar-refractivity contribution in [1.29, 1.82) is 0 Å². The summed E-state index contributed by atoms with van der Waals surface area (Å²) in [5, 5.41) is 3.40. The molecule has 0 aliphatic heterocycles. The fourth-order valence-electron chi connectivity index (χ4n) is 10.1. The number of unbranched alkanes of at least 4 members (excludes halogenated alkanes) is 2. The lowest BCUT2D eigenvalue weighted by atomic mass is 10.1. The molecule has 18 heteroatoms. The summed E-state index contributed by atoms with van der Waals surface area (Å²) in [5.41, 5.74) is 13.8. The first-order valence-electron chi connectivity index (χ1n) is 27.6. The van der Waals surface area contributed by atoms with E-state index in [1.807, 2.05) is 91.0 Å². The zero-order chi connectivity index (χ0) is 55.4. The van der Waals surface area contributed by atoms with Crippen molar-refractivity contribution in [3.8, 4) is 0 Å². The van der Waals surface area contributed by atoms with Gasteiger partial charge in [0.25, 0.3) is 0 Å². The van der Waals surface area contributed by atoms with Crippen LogP contribution in [-0.4, -0.2) is 179 Å². The normalized spacial score (nSPS) is 13.8.